The molecule has 1 unspecified atom stereocenters. The van der Waals surface area contributed by atoms with E-state index in [1.165, 1.54) is 4.31 Å². The van der Waals surface area contributed by atoms with Crippen LogP contribution in [0.4, 0.5) is 0 Å². The summed E-state index contributed by atoms with van der Waals surface area (Å²) in [6, 6.07) is 10.1. The molecule has 0 bridgehead atoms. The van der Waals surface area contributed by atoms with Crippen LogP contribution in [0.2, 0.25) is 0 Å². The first kappa shape index (κ1) is 16.7. The summed E-state index contributed by atoms with van der Waals surface area (Å²) in [6.45, 7) is 2.71. The number of benzene rings is 1. The van der Waals surface area contributed by atoms with Gasteiger partial charge in [0.15, 0.2) is 0 Å². The van der Waals surface area contributed by atoms with Crippen LogP contribution in [0.5, 0.6) is 11.6 Å². The van der Waals surface area contributed by atoms with Crippen LogP contribution in [0, 0.1) is 6.92 Å². The van der Waals surface area contributed by atoms with E-state index in [9.17, 15) is 8.42 Å². The van der Waals surface area contributed by atoms with Crippen LogP contribution in [-0.2, 0) is 10.0 Å². The van der Waals surface area contributed by atoms with E-state index in [4.69, 9.17) is 9.47 Å². The van der Waals surface area contributed by atoms with E-state index in [0.29, 0.717) is 31.1 Å². The third-order valence-electron chi connectivity index (χ3n) is 3.98. The number of pyridine rings is 1. The van der Waals surface area contributed by atoms with Crippen molar-refractivity contribution in [3.63, 3.8) is 0 Å². The lowest BCUT2D eigenvalue weighted by Gasteiger charge is -2.17. The molecule has 0 radical (unpaired) electrons. The van der Waals surface area contributed by atoms with Crippen molar-refractivity contribution in [1.29, 1.82) is 0 Å². The lowest BCUT2D eigenvalue weighted by molar-refractivity contribution is 0.207. The molecule has 2 heterocycles. The maximum Gasteiger partial charge on any atom is 0.243 e. The number of sulfonamides is 1. The van der Waals surface area contributed by atoms with Crippen molar-refractivity contribution in [3.8, 4) is 11.6 Å². The number of nitrogens with zero attached hydrogens (tertiary/aromatic N) is 2. The quantitative estimate of drug-likeness (QED) is 0.829. The van der Waals surface area contributed by atoms with E-state index < -0.39 is 10.0 Å². The molecule has 0 N–H and O–H groups in total. The Labute approximate surface area is 142 Å². The fourth-order valence-corrected chi connectivity index (χ4v) is 4.09. The number of hydrogen-bond donors (Lipinski definition) is 0. The molecule has 2 aromatic rings. The third kappa shape index (κ3) is 3.52. The number of methoxy groups -OCH3 is 1. The molecule has 3 rings (SSSR count). The van der Waals surface area contributed by atoms with Gasteiger partial charge in [-0.05, 0) is 43.2 Å². The molecule has 0 amide bonds. The molecular weight excluding hydrogens is 328 g/mol. The molecule has 128 valence electrons. The zero-order valence-electron chi connectivity index (χ0n) is 13.7. The number of ether oxygens (including phenoxy) is 2. The summed E-state index contributed by atoms with van der Waals surface area (Å²) in [7, 11) is -1.97. The highest BCUT2D eigenvalue weighted by atomic mass is 32.2. The van der Waals surface area contributed by atoms with Crippen LogP contribution >= 0.6 is 0 Å². The standard InChI is InChI=1S/C17H20N2O4S/c1-13-3-8-17(18-11-13)23-15-9-10-19(12-15)24(20,21)16-6-4-14(22-2)5-7-16/h3-8,11,15H,9-10,12H2,1-2H3. The fourth-order valence-electron chi connectivity index (χ4n) is 2.60. The monoisotopic (exact) mass is 348 g/mol. The van der Waals surface area contributed by atoms with Crippen molar-refractivity contribution in [2.75, 3.05) is 20.2 Å². The summed E-state index contributed by atoms with van der Waals surface area (Å²) in [6.07, 6.45) is 2.19. The van der Waals surface area contributed by atoms with Gasteiger partial charge < -0.3 is 9.47 Å². The maximum absolute atomic E-state index is 12.7. The Kier molecular flexibility index (Phi) is 4.73. The van der Waals surface area contributed by atoms with E-state index in [2.05, 4.69) is 4.98 Å². The smallest absolute Gasteiger partial charge is 0.243 e. The SMILES string of the molecule is COc1ccc(S(=O)(=O)N2CCC(Oc3ccc(C)cn3)C2)cc1. The van der Waals surface area contributed by atoms with Crippen molar-refractivity contribution < 1.29 is 17.9 Å². The largest absolute Gasteiger partial charge is 0.497 e. The molecule has 1 aliphatic rings. The molecule has 0 aliphatic carbocycles. The molecule has 0 saturated carbocycles. The van der Waals surface area contributed by atoms with Crippen LogP contribution < -0.4 is 9.47 Å². The summed E-state index contributed by atoms with van der Waals surface area (Å²) >= 11 is 0. The molecule has 1 saturated heterocycles. The minimum absolute atomic E-state index is 0.187. The average Bonchev–Trinajstić information content (AvgIpc) is 3.06. The van der Waals surface area contributed by atoms with E-state index >= 15 is 0 Å². The number of hydrogen-bond acceptors (Lipinski definition) is 5. The summed E-state index contributed by atoms with van der Waals surface area (Å²) in [5.74, 6) is 1.15. The summed E-state index contributed by atoms with van der Waals surface area (Å²) in [5.41, 5.74) is 1.05. The number of rotatable bonds is 5. The van der Waals surface area contributed by atoms with Gasteiger partial charge >= 0.3 is 0 Å². The summed E-state index contributed by atoms with van der Waals surface area (Å²) in [4.78, 5) is 4.46. The van der Waals surface area contributed by atoms with E-state index in [1.54, 1.807) is 43.6 Å². The molecule has 1 aliphatic heterocycles. The van der Waals surface area contributed by atoms with Crippen molar-refractivity contribution in [2.45, 2.75) is 24.3 Å². The molecule has 6 nitrogen and oxygen atoms in total. The lowest BCUT2D eigenvalue weighted by atomic mass is 10.3. The molecular formula is C17H20N2O4S. The van der Waals surface area contributed by atoms with Crippen molar-refractivity contribution in [3.05, 3.63) is 48.2 Å². The third-order valence-corrected chi connectivity index (χ3v) is 5.86. The molecule has 24 heavy (non-hydrogen) atoms. The van der Waals surface area contributed by atoms with Crippen LogP contribution in [0.25, 0.3) is 0 Å². The van der Waals surface area contributed by atoms with Crippen molar-refractivity contribution in [2.24, 2.45) is 0 Å². The molecule has 1 aromatic heterocycles. The average molecular weight is 348 g/mol. The topological polar surface area (TPSA) is 68.7 Å². The van der Waals surface area contributed by atoms with Crippen LogP contribution in [-0.4, -0.2) is 44.0 Å². The van der Waals surface area contributed by atoms with Crippen molar-refractivity contribution >= 4 is 10.0 Å². The molecule has 1 atom stereocenters. The Bertz CT molecular complexity index is 788. The molecule has 1 aromatic carbocycles. The van der Waals surface area contributed by atoms with Gasteiger partial charge in [0, 0.05) is 18.8 Å². The zero-order valence-corrected chi connectivity index (χ0v) is 14.5. The predicted octanol–water partition coefficient (Wildman–Crippen LogP) is 2.24. The Balaban J connectivity index is 1.68. The fraction of sp³-hybridized carbons (Fsp3) is 0.353. The van der Waals surface area contributed by atoms with E-state index in [-0.39, 0.29) is 11.0 Å². The van der Waals surface area contributed by atoms with Crippen LogP contribution in [0.3, 0.4) is 0 Å². The van der Waals surface area contributed by atoms with E-state index in [0.717, 1.165) is 5.56 Å². The lowest BCUT2D eigenvalue weighted by Crippen LogP contribution is -2.31. The number of aryl methyl sites for hydroxylation is 1. The number of aromatic nitrogens is 1. The van der Waals surface area contributed by atoms with Crippen molar-refractivity contribution in [1.82, 2.24) is 9.29 Å². The highest BCUT2D eigenvalue weighted by molar-refractivity contribution is 7.89. The van der Waals surface area contributed by atoms with Gasteiger partial charge in [-0.1, -0.05) is 6.07 Å². The first-order chi connectivity index (χ1) is 11.5. The van der Waals surface area contributed by atoms with Gasteiger partial charge in [-0.25, -0.2) is 13.4 Å². The normalized spacial score (nSPS) is 18.5. The molecule has 0 spiro atoms. The van der Waals surface area contributed by atoms with Gasteiger partial charge in [0.2, 0.25) is 15.9 Å². The van der Waals surface area contributed by atoms with Gasteiger partial charge in [-0.15, -0.1) is 0 Å². The van der Waals surface area contributed by atoms with Gasteiger partial charge in [-0.2, -0.15) is 4.31 Å². The van der Waals surface area contributed by atoms with Gasteiger partial charge in [0.25, 0.3) is 0 Å². The molecule has 7 heteroatoms. The van der Waals surface area contributed by atoms with Crippen LogP contribution in [0.1, 0.15) is 12.0 Å². The highest BCUT2D eigenvalue weighted by Gasteiger charge is 2.33. The summed E-state index contributed by atoms with van der Waals surface area (Å²) in [5, 5.41) is 0. The Morgan fingerprint density at radius 3 is 2.54 bits per heavy atom. The summed E-state index contributed by atoms with van der Waals surface area (Å²) < 4.78 is 37.7. The first-order valence-corrected chi connectivity index (χ1v) is 9.16. The Hall–Kier alpha value is -2.12. The second kappa shape index (κ2) is 6.78. The highest BCUT2D eigenvalue weighted by Crippen LogP contribution is 2.24. The zero-order chi connectivity index (χ0) is 17.2. The Morgan fingerprint density at radius 1 is 1.17 bits per heavy atom. The predicted molar refractivity (Wildman–Crippen MR) is 89.8 cm³/mol. The minimum atomic E-state index is -3.52. The first-order valence-electron chi connectivity index (χ1n) is 7.72. The van der Waals surface area contributed by atoms with Gasteiger partial charge in [-0.3, -0.25) is 0 Å². The molecule has 1 fully saturated rings. The second-order valence-electron chi connectivity index (χ2n) is 5.74. The second-order valence-corrected chi connectivity index (χ2v) is 7.68. The minimum Gasteiger partial charge on any atom is -0.497 e. The van der Waals surface area contributed by atoms with Gasteiger partial charge in [0.05, 0.1) is 18.6 Å². The van der Waals surface area contributed by atoms with E-state index in [1.807, 2.05) is 13.0 Å². The van der Waals surface area contributed by atoms with Crippen LogP contribution in [0.15, 0.2) is 47.5 Å². The Morgan fingerprint density at radius 2 is 1.92 bits per heavy atom. The maximum atomic E-state index is 12.7. The van der Waals surface area contributed by atoms with Gasteiger partial charge in [0.1, 0.15) is 11.9 Å².